The summed E-state index contributed by atoms with van der Waals surface area (Å²) in [7, 11) is 1.89. The molecule has 0 aliphatic carbocycles. The number of carbonyl (C=O) groups excluding carboxylic acids is 1. The van der Waals surface area contributed by atoms with Crippen LogP contribution in [0.1, 0.15) is 32.3 Å². The molecule has 1 amide bonds. The van der Waals surface area contributed by atoms with Crippen molar-refractivity contribution in [3.05, 3.63) is 29.8 Å². The highest BCUT2D eigenvalue weighted by molar-refractivity contribution is 5.85. The molecule has 0 aliphatic heterocycles. The molecular weight excluding hydrogens is 288 g/mol. The topological polar surface area (TPSA) is 50.4 Å². The van der Waals surface area contributed by atoms with Gasteiger partial charge in [0.15, 0.2) is 0 Å². The Hall–Kier alpha value is -1.26. The average molecular weight is 315 g/mol. The first-order valence-electron chi connectivity index (χ1n) is 7.31. The number of benzene rings is 1. The minimum atomic E-state index is 0. The zero-order valence-electron chi connectivity index (χ0n) is 13.1. The zero-order valence-corrected chi connectivity index (χ0v) is 14.0. The maximum Gasteiger partial charge on any atom is 0.220 e. The number of halogens is 1. The molecule has 1 atom stereocenters. The summed E-state index contributed by atoms with van der Waals surface area (Å²) < 4.78 is 5.53. The van der Waals surface area contributed by atoms with E-state index < -0.39 is 0 Å². The predicted octanol–water partition coefficient (Wildman–Crippen LogP) is 2.55. The third-order valence-electron chi connectivity index (χ3n) is 3.14. The van der Waals surface area contributed by atoms with Crippen molar-refractivity contribution in [1.29, 1.82) is 0 Å². The van der Waals surface area contributed by atoms with Gasteiger partial charge in [0.05, 0.1) is 6.61 Å². The van der Waals surface area contributed by atoms with E-state index in [0.29, 0.717) is 19.0 Å². The van der Waals surface area contributed by atoms with Crippen LogP contribution in [0.5, 0.6) is 5.75 Å². The Morgan fingerprint density at radius 2 is 1.95 bits per heavy atom. The second kappa shape index (κ2) is 11.4. The number of amides is 1. The van der Waals surface area contributed by atoms with Crippen LogP contribution in [0.3, 0.4) is 0 Å². The Labute approximate surface area is 134 Å². The van der Waals surface area contributed by atoms with Gasteiger partial charge < -0.3 is 15.4 Å². The molecule has 0 bridgehead atoms. The van der Waals surface area contributed by atoms with Crippen LogP contribution in [0.25, 0.3) is 0 Å². The second-order valence-electron chi connectivity index (χ2n) is 4.99. The van der Waals surface area contributed by atoms with Crippen LogP contribution in [0.4, 0.5) is 0 Å². The largest absolute Gasteiger partial charge is 0.494 e. The number of likely N-dealkylation sites (N-methyl/N-ethyl adjacent to an activating group) is 1. The first kappa shape index (κ1) is 19.7. The van der Waals surface area contributed by atoms with Gasteiger partial charge in [-0.15, -0.1) is 12.4 Å². The van der Waals surface area contributed by atoms with Gasteiger partial charge in [-0.05, 0) is 44.5 Å². The van der Waals surface area contributed by atoms with Crippen LogP contribution >= 0.6 is 12.4 Å². The predicted molar refractivity (Wildman–Crippen MR) is 89.3 cm³/mol. The SMILES string of the molecule is CCCOc1ccc(CCC(=O)NCC(C)NC)cc1.Cl. The van der Waals surface area contributed by atoms with E-state index in [2.05, 4.69) is 17.6 Å². The number of hydrogen-bond acceptors (Lipinski definition) is 3. The molecule has 1 aromatic rings. The second-order valence-corrected chi connectivity index (χ2v) is 4.99. The Morgan fingerprint density at radius 3 is 2.52 bits per heavy atom. The van der Waals surface area contributed by atoms with E-state index in [1.165, 1.54) is 0 Å². The molecule has 2 N–H and O–H groups in total. The maximum absolute atomic E-state index is 11.7. The molecule has 0 radical (unpaired) electrons. The van der Waals surface area contributed by atoms with E-state index in [0.717, 1.165) is 30.8 Å². The van der Waals surface area contributed by atoms with Gasteiger partial charge in [0, 0.05) is 19.0 Å². The van der Waals surface area contributed by atoms with E-state index >= 15 is 0 Å². The van der Waals surface area contributed by atoms with Crippen molar-refractivity contribution in [3.8, 4) is 5.75 Å². The summed E-state index contributed by atoms with van der Waals surface area (Å²) in [5.74, 6) is 0.987. The Bertz CT molecular complexity index is 396. The van der Waals surface area contributed by atoms with Gasteiger partial charge in [-0.2, -0.15) is 0 Å². The van der Waals surface area contributed by atoms with Gasteiger partial charge in [-0.25, -0.2) is 0 Å². The Kier molecular flexibility index (Phi) is 10.7. The number of nitrogens with one attached hydrogen (secondary N) is 2. The summed E-state index contributed by atoms with van der Waals surface area (Å²) in [6.45, 7) is 5.53. The van der Waals surface area contributed by atoms with Gasteiger partial charge in [0.1, 0.15) is 5.75 Å². The summed E-state index contributed by atoms with van der Waals surface area (Å²) in [6, 6.07) is 8.27. The first-order valence-corrected chi connectivity index (χ1v) is 7.31. The van der Waals surface area contributed by atoms with Crippen molar-refractivity contribution < 1.29 is 9.53 Å². The molecule has 1 aromatic carbocycles. The minimum absolute atomic E-state index is 0. The fourth-order valence-corrected chi connectivity index (χ4v) is 1.69. The van der Waals surface area contributed by atoms with Crippen LogP contribution in [0, 0.1) is 0 Å². The quantitative estimate of drug-likeness (QED) is 0.736. The Morgan fingerprint density at radius 1 is 1.29 bits per heavy atom. The summed E-state index contributed by atoms with van der Waals surface area (Å²) in [6.07, 6.45) is 2.28. The van der Waals surface area contributed by atoms with Crippen LogP contribution in [0.2, 0.25) is 0 Å². The van der Waals surface area contributed by atoms with E-state index in [9.17, 15) is 4.79 Å². The highest BCUT2D eigenvalue weighted by Crippen LogP contribution is 2.13. The fourth-order valence-electron chi connectivity index (χ4n) is 1.69. The van der Waals surface area contributed by atoms with Gasteiger partial charge >= 0.3 is 0 Å². The molecule has 0 saturated heterocycles. The van der Waals surface area contributed by atoms with Gasteiger partial charge in [-0.1, -0.05) is 19.1 Å². The lowest BCUT2D eigenvalue weighted by molar-refractivity contribution is -0.121. The average Bonchev–Trinajstić information content (AvgIpc) is 2.49. The highest BCUT2D eigenvalue weighted by atomic mass is 35.5. The summed E-state index contributed by atoms with van der Waals surface area (Å²) in [4.78, 5) is 11.7. The summed E-state index contributed by atoms with van der Waals surface area (Å²) in [5, 5.41) is 6.01. The molecule has 1 rings (SSSR count). The zero-order chi connectivity index (χ0) is 14.8. The van der Waals surface area contributed by atoms with E-state index in [4.69, 9.17) is 4.74 Å². The van der Waals surface area contributed by atoms with Crippen LogP contribution < -0.4 is 15.4 Å². The van der Waals surface area contributed by atoms with Crippen LogP contribution in [-0.2, 0) is 11.2 Å². The monoisotopic (exact) mass is 314 g/mol. The maximum atomic E-state index is 11.7. The molecule has 0 saturated carbocycles. The van der Waals surface area contributed by atoms with E-state index in [1.807, 2.05) is 38.2 Å². The molecular formula is C16H27ClN2O2. The van der Waals surface area contributed by atoms with Crippen LogP contribution in [0.15, 0.2) is 24.3 Å². The van der Waals surface area contributed by atoms with E-state index in [1.54, 1.807) is 0 Å². The number of carbonyl (C=O) groups is 1. The van der Waals surface area contributed by atoms with Crippen LogP contribution in [-0.4, -0.2) is 32.1 Å². The number of hydrogen-bond donors (Lipinski definition) is 2. The lowest BCUT2D eigenvalue weighted by Crippen LogP contribution is -2.37. The number of rotatable bonds is 9. The van der Waals surface area contributed by atoms with Gasteiger partial charge in [0.2, 0.25) is 5.91 Å². The number of ether oxygens (including phenoxy) is 1. The van der Waals surface area contributed by atoms with Crippen molar-refractivity contribution in [2.45, 2.75) is 39.2 Å². The third-order valence-corrected chi connectivity index (χ3v) is 3.14. The molecule has 0 spiro atoms. The molecule has 1 unspecified atom stereocenters. The molecule has 0 heterocycles. The van der Waals surface area contributed by atoms with Crippen molar-refractivity contribution in [3.63, 3.8) is 0 Å². The van der Waals surface area contributed by atoms with Crippen molar-refractivity contribution >= 4 is 18.3 Å². The molecule has 120 valence electrons. The lowest BCUT2D eigenvalue weighted by Gasteiger charge is -2.11. The smallest absolute Gasteiger partial charge is 0.220 e. The van der Waals surface area contributed by atoms with Crippen molar-refractivity contribution in [2.24, 2.45) is 0 Å². The molecule has 0 aromatic heterocycles. The molecule has 0 aliphatic rings. The van der Waals surface area contributed by atoms with Gasteiger partial charge in [0.25, 0.3) is 0 Å². The minimum Gasteiger partial charge on any atom is -0.494 e. The molecule has 0 fully saturated rings. The molecule has 5 heteroatoms. The Balaban J connectivity index is 0.00000400. The molecule has 21 heavy (non-hydrogen) atoms. The summed E-state index contributed by atoms with van der Waals surface area (Å²) in [5.41, 5.74) is 1.16. The fraction of sp³-hybridized carbons (Fsp3) is 0.562. The standard InChI is InChI=1S/C16H26N2O2.ClH/c1-4-11-20-15-8-5-14(6-9-15)7-10-16(19)18-12-13(2)17-3;/h5-6,8-9,13,17H,4,7,10-12H2,1-3H3,(H,18,19);1H. The van der Waals surface area contributed by atoms with E-state index in [-0.39, 0.29) is 18.3 Å². The normalized spacial score (nSPS) is 11.4. The van der Waals surface area contributed by atoms with Gasteiger partial charge in [-0.3, -0.25) is 4.79 Å². The lowest BCUT2D eigenvalue weighted by atomic mass is 10.1. The van der Waals surface area contributed by atoms with Crippen molar-refractivity contribution in [2.75, 3.05) is 20.2 Å². The highest BCUT2D eigenvalue weighted by Gasteiger charge is 2.04. The molecule has 4 nitrogen and oxygen atoms in total. The summed E-state index contributed by atoms with van der Waals surface area (Å²) >= 11 is 0. The first-order chi connectivity index (χ1) is 9.65. The number of aryl methyl sites for hydroxylation is 1. The third kappa shape index (κ3) is 8.58. The van der Waals surface area contributed by atoms with Crippen molar-refractivity contribution in [1.82, 2.24) is 10.6 Å².